The molecule has 5 rings (SSSR count). The van der Waals surface area contributed by atoms with Crippen LogP contribution >= 0.6 is 0 Å². The number of nitrogen functional groups attached to an aromatic ring is 1. The summed E-state index contributed by atoms with van der Waals surface area (Å²) in [6, 6.07) is 29.4. The predicted molar refractivity (Wildman–Crippen MR) is 136 cm³/mol. The number of carbonyl (C=O) groups excluding carboxylic acids is 2. The Morgan fingerprint density at radius 1 is 0.853 bits per heavy atom. The Kier molecular flexibility index (Phi) is 6.11. The van der Waals surface area contributed by atoms with E-state index in [1.54, 1.807) is 0 Å². The van der Waals surface area contributed by atoms with E-state index in [-0.39, 0.29) is 17.9 Å². The third-order valence-corrected chi connectivity index (χ3v) is 6.59. The average Bonchev–Trinajstić information content (AvgIpc) is 3.35. The zero-order chi connectivity index (χ0) is 23.5. The normalized spacial score (nSPS) is 17.5. The fraction of sp³-hybridized carbons (Fsp3) is 0.172. The van der Waals surface area contributed by atoms with Crippen LogP contribution in [0.2, 0.25) is 0 Å². The van der Waals surface area contributed by atoms with Gasteiger partial charge in [0.2, 0.25) is 0 Å². The lowest BCUT2D eigenvalue weighted by Crippen LogP contribution is -3.17. The van der Waals surface area contributed by atoms with Gasteiger partial charge in [-0.05, 0) is 57.8 Å². The van der Waals surface area contributed by atoms with Crippen molar-refractivity contribution in [1.29, 1.82) is 0 Å². The highest BCUT2D eigenvalue weighted by Crippen LogP contribution is 2.27. The van der Waals surface area contributed by atoms with Gasteiger partial charge in [-0.1, -0.05) is 60.7 Å². The second-order valence-electron chi connectivity index (χ2n) is 8.94. The maximum absolute atomic E-state index is 13.0. The summed E-state index contributed by atoms with van der Waals surface area (Å²) in [5, 5.41) is 5.26. The molecule has 1 fully saturated rings. The molecule has 1 heterocycles. The van der Waals surface area contributed by atoms with Crippen molar-refractivity contribution in [1.82, 2.24) is 0 Å². The fourth-order valence-electron chi connectivity index (χ4n) is 4.78. The molecule has 0 radical (unpaired) electrons. The number of nitrogens with two attached hydrogens (primary N) is 1. The summed E-state index contributed by atoms with van der Waals surface area (Å²) in [7, 11) is 0. The van der Waals surface area contributed by atoms with E-state index in [0.717, 1.165) is 56.6 Å². The van der Waals surface area contributed by atoms with Crippen LogP contribution in [0.5, 0.6) is 0 Å². The van der Waals surface area contributed by atoms with Crippen molar-refractivity contribution in [2.45, 2.75) is 25.3 Å². The lowest BCUT2D eigenvalue weighted by molar-refractivity contribution is -0.823. The Morgan fingerprint density at radius 2 is 1.56 bits per heavy atom. The molecule has 1 aliphatic rings. The molecule has 2 atom stereocenters. The number of likely N-dealkylation sites (tertiary alicyclic amines) is 1. The number of rotatable bonds is 5. The van der Waals surface area contributed by atoms with E-state index in [0.29, 0.717) is 13.0 Å². The van der Waals surface area contributed by atoms with E-state index in [9.17, 15) is 9.59 Å². The van der Waals surface area contributed by atoms with Gasteiger partial charge < -0.3 is 11.1 Å². The zero-order valence-electron chi connectivity index (χ0n) is 19.0. The second-order valence-corrected chi connectivity index (χ2v) is 8.94. The molecule has 4 aromatic rings. The molecule has 2 amide bonds. The molecule has 2 unspecified atom stereocenters. The Labute approximate surface area is 199 Å². The molecule has 0 aliphatic carbocycles. The third-order valence-electron chi connectivity index (χ3n) is 6.59. The van der Waals surface area contributed by atoms with Crippen LogP contribution in [0.4, 0.5) is 11.4 Å². The predicted octanol–water partition coefficient (Wildman–Crippen LogP) is 3.84. The molecule has 34 heavy (non-hydrogen) atoms. The Hall–Kier alpha value is -3.96. The summed E-state index contributed by atoms with van der Waals surface area (Å²) in [6.07, 6.45) is 1.95. The van der Waals surface area contributed by atoms with E-state index in [1.807, 2.05) is 72.8 Å². The number of hydrogen-bond acceptors (Lipinski definition) is 3. The first-order valence-corrected chi connectivity index (χ1v) is 11.7. The first-order valence-electron chi connectivity index (χ1n) is 11.7. The number of benzene rings is 4. The van der Waals surface area contributed by atoms with Crippen LogP contribution in [-0.2, 0) is 16.0 Å². The van der Waals surface area contributed by atoms with Crippen molar-refractivity contribution in [3.05, 3.63) is 96.6 Å². The molecular weight excluding hydrogens is 422 g/mol. The molecule has 170 valence electrons. The first-order chi connectivity index (χ1) is 16.6. The summed E-state index contributed by atoms with van der Waals surface area (Å²) in [6.45, 7) is 0.705. The van der Waals surface area contributed by atoms with Crippen molar-refractivity contribution in [3.63, 3.8) is 0 Å². The van der Waals surface area contributed by atoms with Gasteiger partial charge in [0.25, 0.3) is 5.91 Å². The summed E-state index contributed by atoms with van der Waals surface area (Å²) in [5.74, 6) is -0.0118. The van der Waals surface area contributed by atoms with Gasteiger partial charge in [-0.3, -0.25) is 9.69 Å². The van der Waals surface area contributed by atoms with Crippen LogP contribution in [0.3, 0.4) is 0 Å². The van der Waals surface area contributed by atoms with Gasteiger partial charge in [-0.2, -0.15) is 0 Å². The van der Waals surface area contributed by atoms with Crippen LogP contribution in [0, 0.1) is 0 Å². The number of anilines is 2. The van der Waals surface area contributed by atoms with Gasteiger partial charge >= 0.3 is 5.91 Å². The van der Waals surface area contributed by atoms with Gasteiger partial charge in [-0.25, -0.2) is 4.79 Å². The standard InChI is InChI=1S/C29H27N3O2/c30-25-13-10-23-18-22(8-9-24(23)19-25)21-11-14-26(15-12-21)31-29(34)27-7-4-16-32(27)28(33)17-20-5-2-1-3-6-20/h1-3,5-6,8-15,18-19,27H,4,7,16-17,30H2,(H,31,34)/p+1. The van der Waals surface area contributed by atoms with Crippen LogP contribution in [0.25, 0.3) is 21.9 Å². The first kappa shape index (κ1) is 21.9. The quantitative estimate of drug-likeness (QED) is 0.404. The number of hydrogen-bond donors (Lipinski definition) is 3. The number of quaternary nitrogens is 1. The van der Waals surface area contributed by atoms with Crippen LogP contribution in [0.1, 0.15) is 18.4 Å². The summed E-state index contributed by atoms with van der Waals surface area (Å²) in [5.41, 5.74) is 10.5. The summed E-state index contributed by atoms with van der Waals surface area (Å²) in [4.78, 5) is 26.6. The van der Waals surface area contributed by atoms with E-state index in [4.69, 9.17) is 5.73 Å². The largest absolute Gasteiger partial charge is 0.399 e. The van der Waals surface area contributed by atoms with Crippen molar-refractivity contribution in [2.75, 3.05) is 17.6 Å². The van der Waals surface area contributed by atoms with E-state index < -0.39 is 0 Å². The minimum Gasteiger partial charge on any atom is -0.399 e. The van der Waals surface area contributed by atoms with Gasteiger partial charge in [0.15, 0.2) is 6.04 Å². The maximum atomic E-state index is 13.0. The van der Waals surface area contributed by atoms with E-state index in [2.05, 4.69) is 23.5 Å². The number of amides is 2. The molecule has 4 aromatic carbocycles. The molecule has 5 nitrogen and oxygen atoms in total. The van der Waals surface area contributed by atoms with E-state index in [1.165, 1.54) is 0 Å². The molecule has 0 spiro atoms. The Bertz CT molecular complexity index is 1330. The Balaban J connectivity index is 1.26. The van der Waals surface area contributed by atoms with Gasteiger partial charge in [-0.15, -0.1) is 0 Å². The van der Waals surface area contributed by atoms with Gasteiger partial charge in [0.1, 0.15) is 0 Å². The summed E-state index contributed by atoms with van der Waals surface area (Å²) < 4.78 is 0. The van der Waals surface area contributed by atoms with Crippen molar-refractivity contribution >= 4 is 34.0 Å². The highest BCUT2D eigenvalue weighted by Gasteiger charge is 2.39. The molecule has 1 saturated heterocycles. The number of nitrogens with one attached hydrogen (secondary N) is 2. The number of fused-ring (bicyclic) bond motifs is 1. The smallest absolute Gasteiger partial charge is 0.317 e. The second kappa shape index (κ2) is 9.49. The summed E-state index contributed by atoms with van der Waals surface area (Å²) >= 11 is 0. The number of carbonyl (C=O) groups is 2. The molecule has 0 saturated carbocycles. The zero-order valence-corrected chi connectivity index (χ0v) is 19.0. The SMILES string of the molecule is Nc1ccc2cc(-c3ccc(NC(=O)C4CCC[NH+]4C(=O)Cc4ccccc4)cc3)ccc2c1. The van der Waals surface area contributed by atoms with Crippen molar-refractivity contribution in [3.8, 4) is 11.1 Å². The monoisotopic (exact) mass is 450 g/mol. The molecular formula is C29H28N3O2+. The van der Waals surface area contributed by atoms with E-state index >= 15 is 0 Å². The maximum Gasteiger partial charge on any atom is 0.317 e. The third kappa shape index (κ3) is 4.70. The minimum atomic E-state index is -0.344. The van der Waals surface area contributed by atoms with Gasteiger partial charge in [0.05, 0.1) is 13.0 Å². The molecule has 4 N–H and O–H groups in total. The van der Waals surface area contributed by atoms with Crippen LogP contribution in [-0.4, -0.2) is 24.4 Å². The lowest BCUT2D eigenvalue weighted by Gasteiger charge is -2.19. The minimum absolute atomic E-state index is 0.0808. The van der Waals surface area contributed by atoms with Crippen molar-refractivity contribution < 1.29 is 14.5 Å². The topological polar surface area (TPSA) is 76.6 Å². The highest BCUT2D eigenvalue weighted by atomic mass is 16.2. The van der Waals surface area contributed by atoms with Gasteiger partial charge in [0, 0.05) is 24.2 Å². The fourth-order valence-corrected chi connectivity index (χ4v) is 4.78. The Morgan fingerprint density at radius 3 is 2.35 bits per heavy atom. The molecule has 0 bridgehead atoms. The lowest BCUT2D eigenvalue weighted by atomic mass is 10.0. The van der Waals surface area contributed by atoms with Crippen molar-refractivity contribution in [2.24, 2.45) is 0 Å². The molecule has 5 heteroatoms. The molecule has 1 aliphatic heterocycles. The highest BCUT2D eigenvalue weighted by molar-refractivity contribution is 5.95. The van der Waals surface area contributed by atoms with Crippen LogP contribution < -0.4 is 16.0 Å². The van der Waals surface area contributed by atoms with Crippen LogP contribution in [0.15, 0.2) is 91.0 Å². The molecule has 0 aromatic heterocycles. The average molecular weight is 451 g/mol.